The van der Waals surface area contributed by atoms with Crippen LogP contribution in [0, 0.1) is 0 Å². The fourth-order valence-corrected chi connectivity index (χ4v) is 2.41. The van der Waals surface area contributed by atoms with E-state index >= 15 is 0 Å². The third kappa shape index (κ3) is 2.93. The molecule has 9 heteroatoms. The average Bonchev–Trinajstić information content (AvgIpc) is 2.65. The van der Waals surface area contributed by atoms with Gasteiger partial charge in [0.2, 0.25) is 0 Å². The van der Waals surface area contributed by atoms with Crippen molar-refractivity contribution in [1.29, 1.82) is 0 Å². The normalized spacial score (nSPS) is 27.4. The topological polar surface area (TPSA) is 117 Å². The molecule has 0 aliphatic carbocycles. The number of hydrogen-bond acceptors (Lipinski definition) is 7. The van der Waals surface area contributed by atoms with E-state index in [-0.39, 0.29) is 6.61 Å². The smallest absolute Gasteiger partial charge is 0.330 e. The number of aromatic nitrogens is 2. The Morgan fingerprint density at radius 1 is 1.36 bits per heavy atom. The van der Waals surface area contributed by atoms with Crippen LogP contribution in [0.3, 0.4) is 0 Å². The zero-order valence-electron chi connectivity index (χ0n) is 12.3. The molecule has 0 amide bonds. The van der Waals surface area contributed by atoms with Gasteiger partial charge in [0.05, 0.1) is 6.61 Å². The number of carbonyl (C=O) groups excluding carboxylic acids is 2. The molecule has 1 aromatic heterocycles. The van der Waals surface area contributed by atoms with E-state index in [0.29, 0.717) is 0 Å². The molecule has 1 aliphatic rings. The molecule has 9 nitrogen and oxygen atoms in total. The first-order chi connectivity index (χ1) is 10.2. The van der Waals surface area contributed by atoms with Gasteiger partial charge in [-0.3, -0.25) is 23.9 Å². The van der Waals surface area contributed by atoms with Gasteiger partial charge in [-0.05, 0) is 6.92 Å². The average molecular weight is 312 g/mol. The van der Waals surface area contributed by atoms with Crippen LogP contribution in [0.1, 0.15) is 27.0 Å². The molecule has 1 saturated heterocycles. The lowest BCUT2D eigenvalue weighted by Gasteiger charge is -2.33. The highest BCUT2D eigenvalue weighted by molar-refractivity contribution is 5.68. The van der Waals surface area contributed by atoms with Crippen LogP contribution in [0.5, 0.6) is 0 Å². The Morgan fingerprint density at radius 2 is 2.05 bits per heavy atom. The largest absolute Gasteiger partial charge is 0.456 e. The predicted octanol–water partition coefficient (Wildman–Crippen LogP) is -0.681. The lowest BCUT2D eigenvalue weighted by Crippen LogP contribution is -2.49. The van der Waals surface area contributed by atoms with Crippen molar-refractivity contribution in [2.24, 2.45) is 0 Å². The van der Waals surface area contributed by atoms with Crippen molar-refractivity contribution < 1.29 is 23.8 Å². The first kappa shape index (κ1) is 16.0. The molecule has 2 heterocycles. The standard InChI is InChI=1S/C13H16N2O7/c1-7(16)21-9-6-20-11(13(9,3)22-8(2)17)15-5-4-10(18)14-12(15)19/h4-5,9,11H,6H2,1-3H3,(H,14,18,19)/t9-,11-,13-/m1/s1. The summed E-state index contributed by atoms with van der Waals surface area (Å²) in [6.45, 7) is 3.85. The predicted molar refractivity (Wildman–Crippen MR) is 72.0 cm³/mol. The van der Waals surface area contributed by atoms with Crippen molar-refractivity contribution in [3.8, 4) is 0 Å². The molecule has 0 radical (unpaired) electrons. The Balaban J connectivity index is 2.45. The molecule has 1 aromatic rings. The van der Waals surface area contributed by atoms with Crippen molar-refractivity contribution >= 4 is 11.9 Å². The van der Waals surface area contributed by atoms with Gasteiger partial charge >= 0.3 is 17.6 Å². The van der Waals surface area contributed by atoms with E-state index in [1.54, 1.807) is 0 Å². The number of esters is 2. The minimum Gasteiger partial charge on any atom is -0.456 e. The van der Waals surface area contributed by atoms with E-state index in [0.717, 1.165) is 10.6 Å². The fraction of sp³-hybridized carbons (Fsp3) is 0.538. The first-order valence-corrected chi connectivity index (χ1v) is 6.54. The van der Waals surface area contributed by atoms with Crippen molar-refractivity contribution in [3.05, 3.63) is 33.1 Å². The molecule has 0 bridgehead atoms. The summed E-state index contributed by atoms with van der Waals surface area (Å²) in [4.78, 5) is 47.7. The number of aromatic amines is 1. The van der Waals surface area contributed by atoms with E-state index in [1.165, 1.54) is 27.0 Å². The number of hydrogen-bond donors (Lipinski definition) is 1. The maximum Gasteiger partial charge on any atom is 0.330 e. The molecule has 1 aliphatic heterocycles. The molecule has 0 saturated carbocycles. The summed E-state index contributed by atoms with van der Waals surface area (Å²) < 4.78 is 16.9. The van der Waals surface area contributed by atoms with Gasteiger partial charge in [0.1, 0.15) is 0 Å². The quantitative estimate of drug-likeness (QED) is 0.735. The summed E-state index contributed by atoms with van der Waals surface area (Å²) in [7, 11) is 0. The molecule has 120 valence electrons. The fourth-order valence-electron chi connectivity index (χ4n) is 2.41. The number of nitrogens with zero attached hydrogens (tertiary/aromatic N) is 1. The Bertz CT molecular complexity index is 707. The molecule has 2 rings (SSSR count). The van der Waals surface area contributed by atoms with Gasteiger partial charge in [0.25, 0.3) is 5.56 Å². The van der Waals surface area contributed by atoms with Crippen LogP contribution >= 0.6 is 0 Å². The third-order valence-corrected chi connectivity index (χ3v) is 3.31. The van der Waals surface area contributed by atoms with Crippen LogP contribution in [0.15, 0.2) is 21.9 Å². The van der Waals surface area contributed by atoms with Gasteiger partial charge in [-0.1, -0.05) is 0 Å². The molecule has 0 unspecified atom stereocenters. The van der Waals surface area contributed by atoms with Crippen LogP contribution in [0.2, 0.25) is 0 Å². The minimum absolute atomic E-state index is 0.0560. The second-order valence-corrected chi connectivity index (χ2v) is 5.08. The zero-order valence-corrected chi connectivity index (χ0v) is 12.3. The van der Waals surface area contributed by atoms with Crippen molar-refractivity contribution in [3.63, 3.8) is 0 Å². The van der Waals surface area contributed by atoms with Gasteiger partial charge in [0, 0.05) is 26.1 Å². The maximum absolute atomic E-state index is 11.9. The van der Waals surface area contributed by atoms with E-state index < -0.39 is 41.1 Å². The first-order valence-electron chi connectivity index (χ1n) is 6.54. The number of carbonyl (C=O) groups is 2. The molecular weight excluding hydrogens is 296 g/mol. The van der Waals surface area contributed by atoms with Crippen LogP contribution in [-0.2, 0) is 23.8 Å². The van der Waals surface area contributed by atoms with Crippen molar-refractivity contribution in [2.75, 3.05) is 6.61 Å². The molecular formula is C13H16N2O7. The van der Waals surface area contributed by atoms with E-state index in [9.17, 15) is 19.2 Å². The lowest BCUT2D eigenvalue weighted by atomic mass is 9.99. The van der Waals surface area contributed by atoms with Crippen LogP contribution < -0.4 is 11.2 Å². The number of rotatable bonds is 3. The second kappa shape index (κ2) is 5.76. The summed E-state index contributed by atoms with van der Waals surface area (Å²) in [5.74, 6) is -1.19. The van der Waals surface area contributed by atoms with Gasteiger partial charge in [-0.25, -0.2) is 4.79 Å². The summed E-state index contributed by atoms with van der Waals surface area (Å²) in [5, 5.41) is 0. The van der Waals surface area contributed by atoms with E-state index in [1.807, 2.05) is 0 Å². The van der Waals surface area contributed by atoms with Gasteiger partial charge < -0.3 is 14.2 Å². The van der Waals surface area contributed by atoms with E-state index in [4.69, 9.17) is 14.2 Å². The summed E-state index contributed by atoms with van der Waals surface area (Å²) in [6.07, 6.45) is -0.688. The number of ether oxygens (including phenoxy) is 3. The van der Waals surface area contributed by atoms with Gasteiger partial charge in [-0.15, -0.1) is 0 Å². The Kier molecular flexibility index (Phi) is 4.18. The summed E-state index contributed by atoms with van der Waals surface area (Å²) in [5.41, 5.74) is -2.69. The molecule has 1 N–H and O–H groups in total. The highest BCUT2D eigenvalue weighted by atomic mass is 16.6. The van der Waals surface area contributed by atoms with Crippen molar-refractivity contribution in [2.45, 2.75) is 38.7 Å². The summed E-state index contributed by atoms with van der Waals surface area (Å²) >= 11 is 0. The number of H-pyrrole nitrogens is 1. The number of nitrogens with one attached hydrogen (secondary N) is 1. The monoisotopic (exact) mass is 312 g/mol. The zero-order chi connectivity index (χ0) is 16.5. The van der Waals surface area contributed by atoms with Crippen LogP contribution in [0.4, 0.5) is 0 Å². The van der Waals surface area contributed by atoms with Gasteiger partial charge in [-0.2, -0.15) is 0 Å². The molecule has 3 atom stereocenters. The van der Waals surface area contributed by atoms with E-state index in [2.05, 4.69) is 4.98 Å². The Hall–Kier alpha value is -2.42. The molecule has 1 fully saturated rings. The van der Waals surface area contributed by atoms with Gasteiger partial charge in [0.15, 0.2) is 17.9 Å². The minimum atomic E-state index is -1.40. The summed E-state index contributed by atoms with van der Waals surface area (Å²) in [6, 6.07) is 1.14. The van der Waals surface area contributed by atoms with Crippen LogP contribution in [0.25, 0.3) is 0 Å². The molecule has 0 aromatic carbocycles. The molecule has 22 heavy (non-hydrogen) atoms. The third-order valence-electron chi connectivity index (χ3n) is 3.31. The SMILES string of the molecule is CC(=O)O[C@@H]1CO[C@@H](n2ccc(=O)[nH]c2=O)[C@]1(C)OC(C)=O. The Labute approximate surface area is 124 Å². The van der Waals surface area contributed by atoms with Crippen molar-refractivity contribution in [1.82, 2.24) is 9.55 Å². The highest BCUT2D eigenvalue weighted by Gasteiger charge is 2.54. The Morgan fingerprint density at radius 3 is 2.59 bits per heavy atom. The second-order valence-electron chi connectivity index (χ2n) is 5.08. The maximum atomic E-state index is 11.9. The molecule has 0 spiro atoms. The van der Waals surface area contributed by atoms with Crippen LogP contribution in [-0.4, -0.2) is 39.8 Å². The lowest BCUT2D eigenvalue weighted by molar-refractivity contribution is -0.184. The highest BCUT2D eigenvalue weighted by Crippen LogP contribution is 2.38.